The number of hydrogen-bond donors (Lipinski definition) is 0. The number of thiophene rings is 3. The molecule has 0 saturated heterocycles. The fraction of sp³-hybridized carbons (Fsp3) is 0. The van der Waals surface area contributed by atoms with Gasteiger partial charge in [-0.2, -0.15) is 0 Å². The van der Waals surface area contributed by atoms with Crippen LogP contribution in [0, 0.1) is 0 Å². The van der Waals surface area contributed by atoms with E-state index in [1.165, 1.54) is 41.1 Å². The normalized spacial score (nSPS) is 11.3. The van der Waals surface area contributed by atoms with E-state index in [9.17, 15) is 0 Å². The number of benzene rings is 4. The second-order valence-corrected chi connectivity index (χ2v) is 14.8. The molecule has 4 aromatic carbocycles. The second-order valence-electron chi connectivity index (χ2n) is 11.6. The first-order chi connectivity index (χ1) is 24.3. The number of fused-ring (bicyclic) bond motifs is 2. The van der Waals surface area contributed by atoms with Crippen molar-refractivity contribution in [1.29, 1.82) is 0 Å². The molecule has 234 valence electrons. The third kappa shape index (κ3) is 5.78. The van der Waals surface area contributed by atoms with E-state index in [0.717, 1.165) is 32.8 Å². The molecule has 0 spiro atoms. The predicted octanol–water partition coefficient (Wildman–Crippen LogP) is 13.2. The van der Waals surface area contributed by atoms with Crippen molar-refractivity contribution < 1.29 is 0 Å². The Hall–Kier alpha value is -5.60. The average Bonchev–Trinajstić information content (AvgIpc) is 3.93. The summed E-state index contributed by atoms with van der Waals surface area (Å²) < 4.78 is 2.61. The molecule has 7 heteroatoms. The van der Waals surface area contributed by atoms with Crippen molar-refractivity contribution in [2.24, 2.45) is 0 Å². The molecule has 9 aromatic rings. The maximum Gasteiger partial charge on any atom is 0.102 e. The molecular weight excluding hydrogens is 657 g/mol. The topological polar surface area (TPSA) is 32.3 Å². The highest BCUT2D eigenvalue weighted by molar-refractivity contribution is 7.22. The molecule has 0 N–H and O–H groups in total. The van der Waals surface area contributed by atoms with Gasteiger partial charge < -0.3 is 9.80 Å². The lowest BCUT2D eigenvalue weighted by Gasteiger charge is -2.25. The number of rotatable bonds is 8. The zero-order valence-corrected chi connectivity index (χ0v) is 28.6. The number of pyridine rings is 2. The van der Waals surface area contributed by atoms with Crippen molar-refractivity contribution in [1.82, 2.24) is 9.97 Å². The fourth-order valence-corrected chi connectivity index (χ4v) is 9.36. The monoisotopic (exact) mass is 684 g/mol. The summed E-state index contributed by atoms with van der Waals surface area (Å²) in [5, 5.41) is 4.74. The minimum atomic E-state index is 1.01. The van der Waals surface area contributed by atoms with Crippen LogP contribution in [0.15, 0.2) is 170 Å². The Labute approximate surface area is 296 Å². The van der Waals surface area contributed by atoms with E-state index in [4.69, 9.17) is 0 Å². The summed E-state index contributed by atoms with van der Waals surface area (Å²) in [7, 11) is 0. The molecule has 0 saturated carbocycles. The zero-order valence-electron chi connectivity index (χ0n) is 26.2. The number of aromatic nitrogens is 2. The zero-order chi connectivity index (χ0) is 32.6. The molecular formula is C42H28N4S3. The van der Waals surface area contributed by atoms with Crippen molar-refractivity contribution >= 4 is 86.9 Å². The van der Waals surface area contributed by atoms with Gasteiger partial charge in [-0.3, -0.25) is 9.97 Å². The molecule has 49 heavy (non-hydrogen) atoms. The van der Waals surface area contributed by atoms with Crippen LogP contribution in [0.5, 0.6) is 0 Å². The van der Waals surface area contributed by atoms with Gasteiger partial charge in [0.1, 0.15) is 10.0 Å². The SMILES string of the molecule is c1cncc(N(c2ccc(-c3cc4ccccc4s3)cc2)c2ccc(N(c3ccc(-c4cc5ccccc5s4)cc3)c3cccnc3)s2)c1. The quantitative estimate of drug-likeness (QED) is 0.159. The Kier molecular flexibility index (Phi) is 7.70. The number of anilines is 6. The highest BCUT2D eigenvalue weighted by Gasteiger charge is 2.20. The predicted molar refractivity (Wildman–Crippen MR) is 211 cm³/mol. The average molecular weight is 685 g/mol. The van der Waals surface area contributed by atoms with Gasteiger partial charge in [-0.05, 0) is 107 Å². The van der Waals surface area contributed by atoms with E-state index in [0.29, 0.717) is 0 Å². The minimum absolute atomic E-state index is 1.01. The summed E-state index contributed by atoms with van der Waals surface area (Å²) in [5.74, 6) is 0. The van der Waals surface area contributed by atoms with Crippen molar-refractivity contribution in [3.63, 3.8) is 0 Å². The molecule has 4 nitrogen and oxygen atoms in total. The standard InChI is InChI=1S/C42H28N4S3/c1-3-11-37-31(7-1)25-39(47-37)29-13-17-33(18-14-29)45(35-9-5-23-43-27-35)41-21-22-42(49-41)46(36-10-6-24-44-28-36)34-19-15-30(16-20-34)40-26-32-8-2-4-12-38(32)48-40/h1-28H. The van der Waals surface area contributed by atoms with Crippen LogP contribution in [0.3, 0.4) is 0 Å². The maximum atomic E-state index is 4.48. The van der Waals surface area contributed by atoms with Crippen molar-refractivity contribution in [2.45, 2.75) is 0 Å². The van der Waals surface area contributed by atoms with Gasteiger partial charge in [0.25, 0.3) is 0 Å². The first-order valence-electron chi connectivity index (χ1n) is 16.0. The highest BCUT2D eigenvalue weighted by Crippen LogP contribution is 2.46. The smallest absolute Gasteiger partial charge is 0.102 e. The van der Waals surface area contributed by atoms with Gasteiger partial charge in [-0.25, -0.2) is 0 Å². The van der Waals surface area contributed by atoms with Gasteiger partial charge in [0, 0.05) is 42.9 Å². The number of hydrogen-bond acceptors (Lipinski definition) is 7. The molecule has 0 atom stereocenters. The third-order valence-corrected chi connectivity index (χ3v) is 11.9. The first kappa shape index (κ1) is 29.5. The molecule has 0 aliphatic heterocycles. The molecule has 0 aliphatic rings. The van der Waals surface area contributed by atoms with Crippen molar-refractivity contribution in [3.8, 4) is 20.9 Å². The van der Waals surface area contributed by atoms with Gasteiger partial charge in [-0.15, -0.1) is 22.7 Å². The lowest BCUT2D eigenvalue weighted by molar-refractivity contribution is 1.24. The molecule has 0 radical (unpaired) electrons. The molecule has 0 amide bonds. The Bertz CT molecular complexity index is 2260. The molecule has 0 fully saturated rings. The third-order valence-electron chi connectivity index (χ3n) is 8.50. The summed E-state index contributed by atoms with van der Waals surface area (Å²) in [6, 6.07) is 52.0. The Morgan fingerprint density at radius 1 is 0.388 bits per heavy atom. The minimum Gasteiger partial charge on any atom is -0.300 e. The van der Waals surface area contributed by atoms with E-state index in [2.05, 4.69) is 153 Å². The molecule has 5 aromatic heterocycles. The van der Waals surface area contributed by atoms with Gasteiger partial charge in [0.05, 0.1) is 23.8 Å². The van der Waals surface area contributed by atoms with Gasteiger partial charge in [-0.1, -0.05) is 72.0 Å². The van der Waals surface area contributed by atoms with Gasteiger partial charge in [0.15, 0.2) is 0 Å². The number of nitrogens with zero attached hydrogens (tertiary/aromatic N) is 4. The molecule has 5 heterocycles. The van der Waals surface area contributed by atoms with E-state index in [-0.39, 0.29) is 0 Å². The van der Waals surface area contributed by atoms with E-state index in [1.54, 1.807) is 11.3 Å². The lowest BCUT2D eigenvalue weighted by Crippen LogP contribution is -2.09. The van der Waals surface area contributed by atoms with Gasteiger partial charge >= 0.3 is 0 Å². The van der Waals surface area contributed by atoms with Crippen LogP contribution in [-0.2, 0) is 0 Å². The first-order valence-corrected chi connectivity index (χ1v) is 18.4. The van der Waals surface area contributed by atoms with Crippen LogP contribution in [0.1, 0.15) is 0 Å². The van der Waals surface area contributed by atoms with Crippen LogP contribution in [0.4, 0.5) is 32.8 Å². The lowest BCUT2D eigenvalue weighted by atomic mass is 10.1. The van der Waals surface area contributed by atoms with Crippen LogP contribution in [0.25, 0.3) is 41.1 Å². The second kappa shape index (κ2) is 12.8. The van der Waals surface area contributed by atoms with Crippen LogP contribution >= 0.6 is 34.0 Å². The van der Waals surface area contributed by atoms with Gasteiger partial charge in [0.2, 0.25) is 0 Å². The Balaban J connectivity index is 1.08. The largest absolute Gasteiger partial charge is 0.300 e. The summed E-state index contributed by atoms with van der Waals surface area (Å²) in [6.07, 6.45) is 7.48. The molecule has 0 aliphatic carbocycles. The highest BCUT2D eigenvalue weighted by atomic mass is 32.1. The van der Waals surface area contributed by atoms with E-state index in [1.807, 2.05) is 59.6 Å². The summed E-state index contributed by atoms with van der Waals surface area (Å²) in [4.78, 5) is 16.0. The van der Waals surface area contributed by atoms with Crippen LogP contribution in [0.2, 0.25) is 0 Å². The molecule has 9 rings (SSSR count). The molecule has 0 bridgehead atoms. The Morgan fingerprint density at radius 3 is 1.24 bits per heavy atom. The van der Waals surface area contributed by atoms with E-state index < -0.39 is 0 Å². The van der Waals surface area contributed by atoms with Crippen LogP contribution in [-0.4, -0.2) is 9.97 Å². The van der Waals surface area contributed by atoms with Crippen molar-refractivity contribution in [2.75, 3.05) is 9.80 Å². The summed E-state index contributed by atoms with van der Waals surface area (Å²) in [5.41, 5.74) is 6.59. The van der Waals surface area contributed by atoms with E-state index >= 15 is 0 Å². The fourth-order valence-electron chi connectivity index (χ4n) is 6.14. The summed E-state index contributed by atoms with van der Waals surface area (Å²) in [6.45, 7) is 0. The summed E-state index contributed by atoms with van der Waals surface area (Å²) >= 11 is 5.39. The Morgan fingerprint density at radius 2 is 0.837 bits per heavy atom. The maximum absolute atomic E-state index is 4.48. The van der Waals surface area contributed by atoms with Crippen LogP contribution < -0.4 is 9.80 Å². The molecule has 0 unspecified atom stereocenters. The van der Waals surface area contributed by atoms with Crippen molar-refractivity contribution in [3.05, 3.63) is 170 Å².